The van der Waals surface area contributed by atoms with Crippen LogP contribution in [0.5, 0.6) is 5.75 Å². The third-order valence-corrected chi connectivity index (χ3v) is 5.35. The van der Waals surface area contributed by atoms with Crippen LogP contribution < -0.4 is 0 Å². The van der Waals surface area contributed by atoms with Gasteiger partial charge in [0.25, 0.3) is 5.91 Å². The van der Waals surface area contributed by atoms with Crippen LogP contribution in [0.2, 0.25) is 0 Å². The van der Waals surface area contributed by atoms with Crippen LogP contribution in [-0.4, -0.2) is 41.2 Å². The van der Waals surface area contributed by atoms with Gasteiger partial charge in [0.2, 0.25) is 0 Å². The van der Waals surface area contributed by atoms with Crippen LogP contribution in [0.1, 0.15) is 15.9 Å². The molecule has 3 rings (SSSR count). The Hall–Kier alpha value is -2.58. The highest BCUT2D eigenvalue weighted by Gasteiger charge is 2.30. The third-order valence-electron chi connectivity index (χ3n) is 3.79. The molecule has 1 amide bonds. The fourth-order valence-corrected chi connectivity index (χ4v) is 3.69. The number of halogens is 1. The molecule has 1 aliphatic heterocycles. The van der Waals surface area contributed by atoms with Gasteiger partial charge in [-0.05, 0) is 60.3 Å². The number of hydrogen-bond donors (Lipinski definition) is 1. The molecule has 6 nitrogen and oxygen atoms in total. The normalized spacial score (nSPS) is 17.0. The minimum absolute atomic E-state index is 0.0885. The predicted molar refractivity (Wildman–Crippen MR) is 109 cm³/mol. The Morgan fingerprint density at radius 1 is 1.26 bits per heavy atom. The molecule has 1 N–H and O–H groups in total. The Morgan fingerprint density at radius 3 is 2.63 bits per heavy atom. The number of methoxy groups -OCH3 is 1. The molecule has 0 aromatic heterocycles. The lowest BCUT2D eigenvalue weighted by atomic mass is 10.2. The first-order valence-electron chi connectivity index (χ1n) is 7.82. The van der Waals surface area contributed by atoms with Crippen molar-refractivity contribution in [3.05, 3.63) is 63.0 Å². The van der Waals surface area contributed by atoms with Gasteiger partial charge in [-0.3, -0.25) is 9.69 Å². The molecule has 0 spiro atoms. The molecular weight excluding hydrogens is 432 g/mol. The summed E-state index contributed by atoms with van der Waals surface area (Å²) in [6, 6.07) is 11.6. The monoisotopic (exact) mass is 446 g/mol. The van der Waals surface area contributed by atoms with E-state index in [-0.39, 0.29) is 11.7 Å². The van der Waals surface area contributed by atoms with Crippen LogP contribution in [0.15, 0.2) is 56.8 Å². The van der Waals surface area contributed by atoms with Gasteiger partial charge in [0.1, 0.15) is 5.75 Å². The Labute approximate surface area is 168 Å². The van der Waals surface area contributed by atoms with Crippen molar-refractivity contribution in [2.24, 2.45) is 4.99 Å². The van der Waals surface area contributed by atoms with Crippen LogP contribution >= 0.6 is 27.7 Å². The Kier molecular flexibility index (Phi) is 5.67. The number of aromatic hydroxyl groups is 1. The van der Waals surface area contributed by atoms with Crippen molar-refractivity contribution in [1.82, 2.24) is 4.90 Å². The maximum absolute atomic E-state index is 12.5. The maximum Gasteiger partial charge on any atom is 0.337 e. The number of amidine groups is 1. The van der Waals surface area contributed by atoms with Crippen LogP contribution in [0.4, 0.5) is 5.69 Å². The van der Waals surface area contributed by atoms with Crippen LogP contribution in [0.3, 0.4) is 0 Å². The van der Waals surface area contributed by atoms with Gasteiger partial charge in [0.15, 0.2) is 5.17 Å². The van der Waals surface area contributed by atoms with E-state index < -0.39 is 5.97 Å². The summed E-state index contributed by atoms with van der Waals surface area (Å²) in [6.45, 7) is 0. The smallest absolute Gasteiger partial charge is 0.337 e. The average Bonchev–Trinajstić information content (AvgIpc) is 2.92. The summed E-state index contributed by atoms with van der Waals surface area (Å²) in [6.07, 6.45) is 1.63. The molecule has 0 bridgehead atoms. The van der Waals surface area contributed by atoms with Crippen molar-refractivity contribution in [2.45, 2.75) is 0 Å². The van der Waals surface area contributed by atoms with E-state index in [2.05, 4.69) is 25.7 Å². The van der Waals surface area contributed by atoms with Crippen molar-refractivity contribution in [1.29, 1.82) is 0 Å². The average molecular weight is 447 g/mol. The summed E-state index contributed by atoms with van der Waals surface area (Å²) in [5, 5.41) is 10.5. The molecule has 1 aliphatic rings. The van der Waals surface area contributed by atoms with E-state index >= 15 is 0 Å². The molecule has 0 saturated carbocycles. The minimum atomic E-state index is -0.421. The van der Waals surface area contributed by atoms with Crippen molar-refractivity contribution in [3.8, 4) is 5.75 Å². The number of esters is 1. The van der Waals surface area contributed by atoms with Crippen LogP contribution in [-0.2, 0) is 9.53 Å². The number of likely N-dealkylation sites (N-methyl/N-ethyl adjacent to an activating group) is 1. The van der Waals surface area contributed by atoms with E-state index in [1.165, 1.54) is 23.8 Å². The van der Waals surface area contributed by atoms with E-state index in [1.54, 1.807) is 55.6 Å². The highest BCUT2D eigenvalue weighted by molar-refractivity contribution is 9.10. The second-order valence-corrected chi connectivity index (χ2v) is 7.54. The van der Waals surface area contributed by atoms with E-state index in [0.717, 1.165) is 4.47 Å². The van der Waals surface area contributed by atoms with Crippen LogP contribution in [0, 0.1) is 0 Å². The zero-order valence-electron chi connectivity index (χ0n) is 14.5. The van der Waals surface area contributed by atoms with Gasteiger partial charge < -0.3 is 9.84 Å². The second kappa shape index (κ2) is 7.98. The Balaban J connectivity index is 1.87. The lowest BCUT2D eigenvalue weighted by Gasteiger charge is -2.07. The molecule has 1 saturated heterocycles. The van der Waals surface area contributed by atoms with Gasteiger partial charge in [0.05, 0.1) is 23.3 Å². The zero-order valence-corrected chi connectivity index (χ0v) is 16.9. The van der Waals surface area contributed by atoms with E-state index in [4.69, 9.17) is 0 Å². The fourth-order valence-electron chi connectivity index (χ4n) is 2.33. The summed E-state index contributed by atoms with van der Waals surface area (Å²) in [7, 11) is 2.96. The van der Waals surface area contributed by atoms with Gasteiger partial charge in [-0.2, -0.15) is 0 Å². The number of carbonyl (C=O) groups is 2. The number of carbonyl (C=O) groups excluding carboxylic acids is 2. The first-order valence-corrected chi connectivity index (χ1v) is 9.43. The Morgan fingerprint density at radius 2 is 1.96 bits per heavy atom. The lowest BCUT2D eigenvalue weighted by molar-refractivity contribution is -0.121. The number of amides is 1. The van der Waals surface area contributed by atoms with Gasteiger partial charge in [0, 0.05) is 17.1 Å². The number of hydrogen-bond acceptors (Lipinski definition) is 6. The van der Waals surface area contributed by atoms with Gasteiger partial charge >= 0.3 is 5.97 Å². The fraction of sp³-hybridized carbons (Fsp3) is 0.105. The topological polar surface area (TPSA) is 79.2 Å². The largest absolute Gasteiger partial charge is 0.507 e. The molecule has 0 aliphatic carbocycles. The molecule has 1 fully saturated rings. The molecule has 27 heavy (non-hydrogen) atoms. The van der Waals surface area contributed by atoms with Gasteiger partial charge in [-0.25, -0.2) is 9.79 Å². The Bertz CT molecular complexity index is 970. The van der Waals surface area contributed by atoms with Crippen molar-refractivity contribution in [3.63, 3.8) is 0 Å². The minimum Gasteiger partial charge on any atom is -0.507 e. The molecule has 138 valence electrons. The standard InChI is InChI=1S/C19H15BrN2O4S/c1-22-17(24)16(10-12-9-13(20)5-8-15(12)23)27-19(22)21-14-6-3-11(4-7-14)18(25)26-2/h3-10,23H,1-2H3/b16-10-,21-19?. The van der Waals surface area contributed by atoms with Crippen molar-refractivity contribution >= 4 is 56.5 Å². The molecule has 2 aromatic carbocycles. The molecule has 0 radical (unpaired) electrons. The van der Waals surface area contributed by atoms with Crippen molar-refractivity contribution < 1.29 is 19.4 Å². The molecular formula is C19H15BrN2O4S. The summed E-state index contributed by atoms with van der Waals surface area (Å²) >= 11 is 4.57. The molecule has 0 atom stereocenters. The number of phenols is 1. The molecule has 2 aromatic rings. The molecule has 0 unspecified atom stereocenters. The van der Waals surface area contributed by atoms with E-state index in [1.807, 2.05) is 0 Å². The number of thioether (sulfide) groups is 1. The molecule has 8 heteroatoms. The predicted octanol–water partition coefficient (Wildman–Crippen LogP) is 4.18. The highest BCUT2D eigenvalue weighted by atomic mass is 79.9. The number of nitrogens with zero attached hydrogens (tertiary/aromatic N) is 2. The molecule has 1 heterocycles. The zero-order chi connectivity index (χ0) is 19.6. The summed E-state index contributed by atoms with van der Waals surface area (Å²) in [4.78, 5) is 30.3. The quantitative estimate of drug-likeness (QED) is 0.565. The van der Waals surface area contributed by atoms with Gasteiger partial charge in [-0.1, -0.05) is 15.9 Å². The van der Waals surface area contributed by atoms with Crippen LogP contribution in [0.25, 0.3) is 6.08 Å². The maximum atomic E-state index is 12.5. The second-order valence-electron chi connectivity index (χ2n) is 5.61. The number of benzene rings is 2. The first kappa shape index (κ1) is 19.2. The van der Waals surface area contributed by atoms with Gasteiger partial charge in [-0.15, -0.1) is 0 Å². The summed E-state index contributed by atoms with van der Waals surface area (Å²) in [5.74, 6) is -0.536. The SMILES string of the molecule is COC(=O)c1ccc(N=C2S/C(=C\c3cc(Br)ccc3O)C(=O)N2C)cc1. The third kappa shape index (κ3) is 4.23. The van der Waals surface area contributed by atoms with E-state index in [0.29, 0.717) is 26.9 Å². The highest BCUT2D eigenvalue weighted by Crippen LogP contribution is 2.35. The number of aliphatic imine (C=N–C) groups is 1. The van der Waals surface area contributed by atoms with Crippen molar-refractivity contribution in [2.75, 3.05) is 14.2 Å². The number of rotatable bonds is 3. The lowest BCUT2D eigenvalue weighted by Crippen LogP contribution is -2.23. The number of ether oxygens (including phenoxy) is 1. The summed E-state index contributed by atoms with van der Waals surface area (Å²) < 4.78 is 5.47. The summed E-state index contributed by atoms with van der Waals surface area (Å²) in [5.41, 5.74) is 1.57. The first-order chi connectivity index (χ1) is 12.9. The number of phenolic OH excluding ortho intramolecular Hbond substituents is 1. The van der Waals surface area contributed by atoms with E-state index in [9.17, 15) is 14.7 Å².